The van der Waals surface area contributed by atoms with Crippen molar-refractivity contribution in [2.45, 2.75) is 6.10 Å². The molecule has 0 aliphatic carbocycles. The Morgan fingerprint density at radius 2 is 1.95 bits per heavy atom. The molecule has 0 fully saturated rings. The van der Waals surface area contributed by atoms with Gasteiger partial charge in [-0.25, -0.2) is 4.39 Å². The molecule has 5 heteroatoms. The topological polar surface area (TPSA) is 38.7 Å². The molecule has 0 aliphatic rings. The highest BCUT2D eigenvalue weighted by Gasteiger charge is 2.16. The van der Waals surface area contributed by atoms with Crippen molar-refractivity contribution in [2.24, 2.45) is 0 Å². The van der Waals surface area contributed by atoms with Gasteiger partial charge in [0.15, 0.2) is 0 Å². The molecule has 1 unspecified atom stereocenters. The molecule has 0 heterocycles. The Labute approximate surface area is 131 Å². The summed E-state index contributed by atoms with van der Waals surface area (Å²) in [6.45, 7) is 0.840. The zero-order valence-corrected chi connectivity index (χ0v) is 13.1. The quantitative estimate of drug-likeness (QED) is 0.804. The van der Waals surface area contributed by atoms with Gasteiger partial charge in [-0.05, 0) is 39.7 Å². The molecule has 1 atom stereocenters. The van der Waals surface area contributed by atoms with Gasteiger partial charge in [0.25, 0.3) is 0 Å². The van der Waals surface area contributed by atoms with Gasteiger partial charge in [-0.15, -0.1) is 0 Å². The number of rotatable bonds is 6. The predicted molar refractivity (Wildman–Crippen MR) is 82.0 cm³/mol. The van der Waals surface area contributed by atoms with E-state index in [1.165, 1.54) is 6.07 Å². The van der Waals surface area contributed by atoms with Gasteiger partial charge in [-0.1, -0.05) is 24.3 Å². The van der Waals surface area contributed by atoms with E-state index >= 15 is 0 Å². The first-order valence-corrected chi connectivity index (χ1v) is 7.26. The second-order valence-electron chi connectivity index (χ2n) is 4.46. The fourth-order valence-electron chi connectivity index (χ4n) is 1.93. The van der Waals surface area contributed by atoms with Gasteiger partial charge in [-0.2, -0.15) is 0 Å². The number of aliphatic hydroxyl groups is 1. The molecule has 21 heavy (non-hydrogen) atoms. The highest BCUT2D eigenvalue weighted by atomic mass is 79.9. The Balaban J connectivity index is 2.25. The molecule has 0 aromatic heterocycles. The number of ether oxygens (including phenoxy) is 2. The van der Waals surface area contributed by atoms with E-state index in [2.05, 4.69) is 15.9 Å². The van der Waals surface area contributed by atoms with Crippen molar-refractivity contribution >= 4 is 15.9 Å². The zero-order valence-electron chi connectivity index (χ0n) is 11.6. The van der Waals surface area contributed by atoms with Crippen LogP contribution in [0.2, 0.25) is 0 Å². The Morgan fingerprint density at radius 1 is 1.19 bits per heavy atom. The molecular weight excluding hydrogens is 339 g/mol. The highest BCUT2D eigenvalue weighted by molar-refractivity contribution is 9.10. The number of methoxy groups -OCH3 is 1. The summed E-state index contributed by atoms with van der Waals surface area (Å²) >= 11 is 3.10. The van der Waals surface area contributed by atoms with Crippen LogP contribution < -0.4 is 4.74 Å². The van der Waals surface area contributed by atoms with Crippen molar-refractivity contribution < 1.29 is 19.0 Å². The lowest BCUT2D eigenvalue weighted by Gasteiger charge is -2.16. The van der Waals surface area contributed by atoms with Crippen LogP contribution in [-0.2, 0) is 4.74 Å². The molecule has 1 N–H and O–H groups in total. The van der Waals surface area contributed by atoms with Crippen molar-refractivity contribution in [3.8, 4) is 5.75 Å². The summed E-state index contributed by atoms with van der Waals surface area (Å²) < 4.78 is 24.5. The molecule has 3 nitrogen and oxygen atoms in total. The van der Waals surface area contributed by atoms with Gasteiger partial charge < -0.3 is 14.6 Å². The number of hydrogen-bond acceptors (Lipinski definition) is 3. The summed E-state index contributed by atoms with van der Waals surface area (Å²) in [5.74, 6) is 0.148. The Bertz CT molecular complexity index is 604. The molecule has 0 radical (unpaired) electrons. The normalized spacial score (nSPS) is 12.2. The first kappa shape index (κ1) is 15.9. The summed E-state index contributed by atoms with van der Waals surface area (Å²) in [5.41, 5.74) is 1.06. The van der Waals surface area contributed by atoms with Crippen molar-refractivity contribution in [3.05, 3.63) is 63.9 Å². The lowest BCUT2D eigenvalue weighted by atomic mass is 10.0. The number of para-hydroxylation sites is 1. The smallest absolute Gasteiger partial charge is 0.137 e. The molecule has 0 amide bonds. The van der Waals surface area contributed by atoms with E-state index in [0.717, 1.165) is 0 Å². The third-order valence-electron chi connectivity index (χ3n) is 3.02. The van der Waals surface area contributed by atoms with E-state index in [1.54, 1.807) is 37.4 Å². The molecule has 0 aliphatic heterocycles. The molecule has 0 saturated heterocycles. The van der Waals surface area contributed by atoms with Gasteiger partial charge in [-0.3, -0.25) is 0 Å². The minimum absolute atomic E-state index is 0.364. The van der Waals surface area contributed by atoms with Crippen LogP contribution in [0.4, 0.5) is 4.39 Å². The summed E-state index contributed by atoms with van der Waals surface area (Å²) in [6.07, 6.45) is -0.952. The van der Waals surface area contributed by atoms with Crippen molar-refractivity contribution in [3.63, 3.8) is 0 Å². The molecule has 112 valence electrons. The lowest BCUT2D eigenvalue weighted by molar-refractivity contribution is 0.142. The van der Waals surface area contributed by atoms with Crippen LogP contribution in [0.25, 0.3) is 0 Å². The van der Waals surface area contributed by atoms with E-state index in [-0.39, 0.29) is 0 Å². The summed E-state index contributed by atoms with van der Waals surface area (Å²) in [5, 5.41) is 10.5. The van der Waals surface area contributed by atoms with Gasteiger partial charge >= 0.3 is 0 Å². The van der Waals surface area contributed by atoms with Crippen LogP contribution in [0.3, 0.4) is 0 Å². The second kappa shape index (κ2) is 7.54. The molecule has 0 saturated carbocycles. The van der Waals surface area contributed by atoms with Crippen molar-refractivity contribution in [1.82, 2.24) is 0 Å². The Kier molecular flexibility index (Phi) is 5.73. The SMILES string of the molecule is COCCOc1ccccc1C(O)c1ccc(Br)c(F)c1. The standard InChI is InChI=1S/C16H16BrFO3/c1-20-8-9-21-15-5-3-2-4-12(15)16(19)11-6-7-13(17)14(18)10-11/h2-7,10,16,19H,8-9H2,1H3. The average Bonchev–Trinajstić information content (AvgIpc) is 2.50. The fourth-order valence-corrected chi connectivity index (χ4v) is 2.18. The number of hydrogen-bond donors (Lipinski definition) is 1. The van der Waals surface area contributed by atoms with Crippen LogP contribution in [0.15, 0.2) is 46.9 Å². The maximum Gasteiger partial charge on any atom is 0.137 e. The minimum Gasteiger partial charge on any atom is -0.491 e. The average molecular weight is 355 g/mol. The number of benzene rings is 2. The van der Waals surface area contributed by atoms with Gasteiger partial charge in [0.1, 0.15) is 24.3 Å². The summed E-state index contributed by atoms with van der Waals surface area (Å²) in [6, 6.07) is 11.7. The second-order valence-corrected chi connectivity index (χ2v) is 5.31. The van der Waals surface area contributed by atoms with E-state index in [4.69, 9.17) is 9.47 Å². The van der Waals surface area contributed by atoms with Gasteiger partial charge in [0, 0.05) is 12.7 Å². The van der Waals surface area contributed by atoms with Gasteiger partial charge in [0.2, 0.25) is 0 Å². The molecule has 2 aromatic rings. The molecular formula is C16H16BrFO3. The predicted octanol–water partition coefficient (Wildman–Crippen LogP) is 3.70. The van der Waals surface area contributed by atoms with Crippen LogP contribution in [0.5, 0.6) is 5.75 Å². The fraction of sp³-hybridized carbons (Fsp3) is 0.250. The molecule has 0 bridgehead atoms. The van der Waals surface area contributed by atoms with E-state index < -0.39 is 11.9 Å². The zero-order chi connectivity index (χ0) is 15.2. The highest BCUT2D eigenvalue weighted by Crippen LogP contribution is 2.31. The molecule has 2 aromatic carbocycles. The number of aliphatic hydroxyl groups excluding tert-OH is 1. The minimum atomic E-state index is -0.952. The monoisotopic (exact) mass is 354 g/mol. The van der Waals surface area contributed by atoms with Crippen LogP contribution in [0, 0.1) is 5.82 Å². The van der Waals surface area contributed by atoms with Crippen LogP contribution in [-0.4, -0.2) is 25.4 Å². The third kappa shape index (κ3) is 4.03. The molecule has 2 rings (SSSR count). The van der Waals surface area contributed by atoms with Crippen molar-refractivity contribution in [2.75, 3.05) is 20.3 Å². The molecule has 0 spiro atoms. The largest absolute Gasteiger partial charge is 0.491 e. The van der Waals surface area contributed by atoms with Gasteiger partial charge in [0.05, 0.1) is 11.1 Å². The van der Waals surface area contributed by atoms with E-state index in [1.807, 2.05) is 6.07 Å². The maximum atomic E-state index is 13.6. The third-order valence-corrected chi connectivity index (χ3v) is 3.66. The number of halogens is 2. The maximum absolute atomic E-state index is 13.6. The Hall–Kier alpha value is -1.43. The van der Waals surface area contributed by atoms with Crippen LogP contribution in [0.1, 0.15) is 17.2 Å². The Morgan fingerprint density at radius 3 is 2.67 bits per heavy atom. The summed E-state index contributed by atoms with van der Waals surface area (Å²) in [4.78, 5) is 0. The van der Waals surface area contributed by atoms with E-state index in [9.17, 15) is 9.50 Å². The lowest BCUT2D eigenvalue weighted by Crippen LogP contribution is -2.08. The summed E-state index contributed by atoms with van der Waals surface area (Å²) in [7, 11) is 1.59. The first-order valence-electron chi connectivity index (χ1n) is 6.47. The van der Waals surface area contributed by atoms with Crippen molar-refractivity contribution in [1.29, 1.82) is 0 Å². The first-order chi connectivity index (χ1) is 10.1. The van der Waals surface area contributed by atoms with E-state index in [0.29, 0.717) is 34.6 Å². The van der Waals surface area contributed by atoms with Crippen LogP contribution >= 0.6 is 15.9 Å².